The van der Waals surface area contributed by atoms with Gasteiger partial charge >= 0.3 is 5.97 Å². The number of carbonyl (C=O) groups excluding carboxylic acids is 1. The van der Waals surface area contributed by atoms with E-state index in [0.29, 0.717) is 37.7 Å². The molecule has 1 aliphatic rings. The Hall–Kier alpha value is -4.05. The van der Waals surface area contributed by atoms with Crippen molar-refractivity contribution in [2.45, 2.75) is 33.7 Å². The summed E-state index contributed by atoms with van der Waals surface area (Å²) in [4.78, 5) is 34.2. The minimum Gasteiger partial charge on any atom is -0.507 e. The van der Waals surface area contributed by atoms with Gasteiger partial charge in [-0.2, -0.15) is 0 Å². The smallest absolute Gasteiger partial charge is 0.338 e. The van der Waals surface area contributed by atoms with Gasteiger partial charge in [-0.05, 0) is 64.1 Å². The van der Waals surface area contributed by atoms with E-state index in [1.54, 1.807) is 57.4 Å². The topological polar surface area (TPSA) is 103 Å². The average Bonchev–Trinajstić information content (AvgIpc) is 3.23. The lowest BCUT2D eigenvalue weighted by atomic mass is 9.94. The number of phenols is 1. The fraction of sp³-hybridized carbons (Fsp3) is 0.345. The van der Waals surface area contributed by atoms with Crippen LogP contribution in [0.3, 0.4) is 0 Å². The number of allylic oxidation sites excluding steroid dienone is 1. The molecule has 2 heterocycles. The van der Waals surface area contributed by atoms with Crippen molar-refractivity contribution in [3.63, 3.8) is 0 Å². The van der Waals surface area contributed by atoms with Crippen LogP contribution in [0.1, 0.15) is 44.9 Å². The van der Waals surface area contributed by atoms with Gasteiger partial charge in [-0.3, -0.25) is 9.36 Å². The van der Waals surface area contributed by atoms with Gasteiger partial charge in [0.1, 0.15) is 23.3 Å². The quantitative estimate of drug-likeness (QED) is 0.407. The lowest BCUT2D eigenvalue weighted by Crippen LogP contribution is -2.40. The normalized spacial score (nSPS) is 15.0. The van der Waals surface area contributed by atoms with Crippen molar-refractivity contribution in [3.05, 3.63) is 78.5 Å². The fourth-order valence-electron chi connectivity index (χ4n) is 4.72. The monoisotopic (exact) mass is 551 g/mol. The van der Waals surface area contributed by atoms with Crippen molar-refractivity contribution >= 4 is 29.1 Å². The molecule has 1 aromatic heterocycles. The molecule has 0 radical (unpaired) electrons. The molecule has 0 saturated carbocycles. The van der Waals surface area contributed by atoms with Crippen LogP contribution in [0.25, 0.3) is 6.08 Å². The first-order valence-electron chi connectivity index (χ1n) is 12.8. The van der Waals surface area contributed by atoms with Crippen LogP contribution >= 0.6 is 11.3 Å². The van der Waals surface area contributed by atoms with Crippen molar-refractivity contribution in [1.82, 2.24) is 4.57 Å². The molecule has 1 aliphatic heterocycles. The molecule has 9 nitrogen and oxygen atoms in total. The zero-order chi connectivity index (χ0) is 28.3. The first kappa shape index (κ1) is 28.0. The molecule has 0 spiro atoms. The molecule has 0 bridgehead atoms. The Kier molecular flexibility index (Phi) is 8.44. The highest BCUT2D eigenvalue weighted by atomic mass is 32.1. The van der Waals surface area contributed by atoms with E-state index in [2.05, 4.69) is 23.7 Å². The zero-order valence-electron chi connectivity index (χ0n) is 23.0. The van der Waals surface area contributed by atoms with Crippen molar-refractivity contribution in [1.29, 1.82) is 0 Å². The first-order chi connectivity index (χ1) is 18.8. The Balaban J connectivity index is 1.95. The van der Waals surface area contributed by atoms with Gasteiger partial charge < -0.3 is 24.2 Å². The van der Waals surface area contributed by atoms with Gasteiger partial charge in [0.05, 0.1) is 36.6 Å². The highest BCUT2D eigenvalue weighted by Gasteiger charge is 2.35. The van der Waals surface area contributed by atoms with Gasteiger partial charge in [-0.15, -0.1) is 0 Å². The summed E-state index contributed by atoms with van der Waals surface area (Å²) in [7, 11) is 3.07. The number of hydrogen-bond acceptors (Lipinski definition) is 9. The largest absolute Gasteiger partial charge is 0.507 e. The summed E-state index contributed by atoms with van der Waals surface area (Å²) in [5, 5.41) is 10.8. The SMILES string of the molecule is CCOC(=O)C1=C(C)N=c2s/c(=C\c3ccc(N(CC)CC)cc3O)c(=O)n2[C@@H]1c1cc(OC)ccc1OC. The molecule has 0 saturated heterocycles. The van der Waals surface area contributed by atoms with Crippen LogP contribution in [0.5, 0.6) is 17.2 Å². The average molecular weight is 552 g/mol. The molecule has 1 N–H and O–H groups in total. The van der Waals surface area contributed by atoms with Crippen LogP contribution in [-0.2, 0) is 9.53 Å². The van der Waals surface area contributed by atoms with Gasteiger partial charge in [-0.25, -0.2) is 9.79 Å². The Labute approximate surface area is 230 Å². The molecule has 39 heavy (non-hydrogen) atoms. The number of thiazole rings is 1. The fourth-order valence-corrected chi connectivity index (χ4v) is 5.76. The van der Waals surface area contributed by atoms with E-state index < -0.39 is 12.0 Å². The maximum atomic E-state index is 13.9. The number of phenolic OH excluding ortho intramolecular Hbond substituents is 1. The Bertz CT molecular complexity index is 1600. The summed E-state index contributed by atoms with van der Waals surface area (Å²) in [5.74, 6) is 0.535. The third-order valence-corrected chi connectivity index (χ3v) is 7.66. The van der Waals surface area contributed by atoms with Crippen LogP contribution in [0, 0.1) is 0 Å². The van der Waals surface area contributed by atoms with Crippen molar-refractivity contribution in [2.75, 3.05) is 38.8 Å². The summed E-state index contributed by atoms with van der Waals surface area (Å²) in [6, 6.07) is 9.78. The van der Waals surface area contributed by atoms with E-state index in [9.17, 15) is 14.7 Å². The predicted octanol–water partition coefficient (Wildman–Crippen LogP) is 3.37. The summed E-state index contributed by atoms with van der Waals surface area (Å²) < 4.78 is 18.3. The molecule has 0 aliphatic carbocycles. The molecule has 0 unspecified atom stereocenters. The maximum absolute atomic E-state index is 13.9. The number of ether oxygens (including phenoxy) is 3. The standard InChI is InChI=1S/C29H33N3O6S/c1-7-31(8-2)19-11-10-18(22(33)15-19)14-24-27(34)32-26(21-16-20(36-5)12-13-23(21)37-6)25(28(35)38-9-3)17(4)30-29(32)39-24/h10-16,26,33H,7-9H2,1-6H3/b24-14-/t26-/m1/s1. The molecule has 0 fully saturated rings. The molecule has 1 atom stereocenters. The second kappa shape index (κ2) is 11.8. The number of carbonyl (C=O) groups is 1. The summed E-state index contributed by atoms with van der Waals surface area (Å²) in [6.45, 7) is 9.34. The molecule has 0 amide bonds. The number of benzene rings is 2. The number of nitrogens with zero attached hydrogens (tertiary/aromatic N) is 3. The molecule has 10 heteroatoms. The summed E-state index contributed by atoms with van der Waals surface area (Å²) >= 11 is 1.19. The third kappa shape index (κ3) is 5.29. The molecular formula is C29H33N3O6S. The number of methoxy groups -OCH3 is 2. The lowest BCUT2D eigenvalue weighted by Gasteiger charge is -2.26. The van der Waals surface area contributed by atoms with E-state index in [-0.39, 0.29) is 23.5 Å². The Morgan fingerprint density at radius 2 is 1.87 bits per heavy atom. The van der Waals surface area contributed by atoms with Gasteiger partial charge in [0.15, 0.2) is 4.80 Å². The number of rotatable bonds is 9. The van der Waals surface area contributed by atoms with Gasteiger partial charge in [0, 0.05) is 36.0 Å². The minimum atomic E-state index is -0.855. The van der Waals surface area contributed by atoms with Crippen LogP contribution in [0.15, 0.2) is 57.5 Å². The number of hydrogen-bond donors (Lipinski definition) is 1. The molecule has 2 aromatic carbocycles. The van der Waals surface area contributed by atoms with Gasteiger partial charge in [0.2, 0.25) is 0 Å². The van der Waals surface area contributed by atoms with E-state index >= 15 is 0 Å². The minimum absolute atomic E-state index is 0.0691. The van der Waals surface area contributed by atoms with Crippen LogP contribution < -0.4 is 29.3 Å². The molecule has 4 rings (SSSR count). The predicted molar refractivity (Wildman–Crippen MR) is 152 cm³/mol. The Morgan fingerprint density at radius 3 is 2.49 bits per heavy atom. The van der Waals surface area contributed by atoms with Crippen LogP contribution in [0.4, 0.5) is 5.69 Å². The number of aromatic nitrogens is 1. The van der Waals surface area contributed by atoms with E-state index in [4.69, 9.17) is 14.2 Å². The summed E-state index contributed by atoms with van der Waals surface area (Å²) in [5.41, 5.74) is 2.31. The zero-order valence-corrected chi connectivity index (χ0v) is 23.8. The summed E-state index contributed by atoms with van der Waals surface area (Å²) in [6.07, 6.45) is 1.65. The first-order valence-corrected chi connectivity index (χ1v) is 13.6. The highest BCUT2D eigenvalue weighted by molar-refractivity contribution is 7.07. The maximum Gasteiger partial charge on any atom is 0.338 e. The number of aromatic hydroxyl groups is 1. The molecular weight excluding hydrogens is 518 g/mol. The number of fused-ring (bicyclic) bond motifs is 1. The van der Waals surface area contributed by atoms with Crippen molar-refractivity contribution in [3.8, 4) is 17.2 Å². The van der Waals surface area contributed by atoms with E-state index in [1.807, 2.05) is 6.07 Å². The van der Waals surface area contributed by atoms with Crippen LogP contribution in [-0.4, -0.2) is 49.6 Å². The van der Waals surface area contributed by atoms with Crippen LogP contribution in [0.2, 0.25) is 0 Å². The second-order valence-corrected chi connectivity index (χ2v) is 9.83. The van der Waals surface area contributed by atoms with E-state index in [1.165, 1.54) is 23.0 Å². The number of anilines is 1. The lowest BCUT2D eigenvalue weighted by molar-refractivity contribution is -0.139. The Morgan fingerprint density at radius 1 is 1.13 bits per heavy atom. The third-order valence-electron chi connectivity index (χ3n) is 6.68. The van der Waals surface area contributed by atoms with Crippen molar-refractivity contribution < 1.29 is 24.1 Å². The highest BCUT2D eigenvalue weighted by Crippen LogP contribution is 2.38. The number of esters is 1. The second-order valence-electron chi connectivity index (χ2n) is 8.83. The van der Waals surface area contributed by atoms with Crippen molar-refractivity contribution in [2.24, 2.45) is 4.99 Å². The van der Waals surface area contributed by atoms with Gasteiger partial charge in [-0.1, -0.05) is 11.3 Å². The van der Waals surface area contributed by atoms with Gasteiger partial charge in [0.25, 0.3) is 5.56 Å². The molecule has 3 aromatic rings. The molecule has 206 valence electrons. The van der Waals surface area contributed by atoms with E-state index in [0.717, 1.165) is 18.8 Å².